The first kappa shape index (κ1) is 9.22. The molecule has 0 aliphatic carbocycles. The standard InChI is InChI=1S/C8H14N2O2/c1-7-3-4-10(9-7)8(2,5-11)6-12/h3-4,11-12H,5-6H2,1-2H3. The van der Waals surface area contributed by atoms with Crippen LogP contribution in [0.2, 0.25) is 0 Å². The molecule has 68 valence electrons. The summed E-state index contributed by atoms with van der Waals surface area (Å²) in [5.74, 6) is 0. The summed E-state index contributed by atoms with van der Waals surface area (Å²) in [4.78, 5) is 0. The highest BCUT2D eigenvalue weighted by atomic mass is 16.3. The molecule has 4 nitrogen and oxygen atoms in total. The molecule has 2 N–H and O–H groups in total. The van der Waals surface area contributed by atoms with Gasteiger partial charge >= 0.3 is 0 Å². The molecule has 1 aromatic heterocycles. The van der Waals surface area contributed by atoms with E-state index in [-0.39, 0.29) is 13.2 Å². The van der Waals surface area contributed by atoms with E-state index >= 15 is 0 Å². The van der Waals surface area contributed by atoms with Gasteiger partial charge < -0.3 is 10.2 Å². The van der Waals surface area contributed by atoms with Crippen molar-refractivity contribution in [3.8, 4) is 0 Å². The highest BCUT2D eigenvalue weighted by molar-refractivity contribution is 4.98. The molecule has 4 heteroatoms. The van der Waals surface area contributed by atoms with Crippen LogP contribution in [0.25, 0.3) is 0 Å². The number of rotatable bonds is 3. The lowest BCUT2D eigenvalue weighted by Crippen LogP contribution is -2.38. The zero-order valence-electron chi connectivity index (χ0n) is 7.36. The fourth-order valence-corrected chi connectivity index (χ4v) is 0.911. The molecule has 0 saturated heterocycles. The Morgan fingerprint density at radius 3 is 2.42 bits per heavy atom. The summed E-state index contributed by atoms with van der Waals surface area (Å²) in [6.07, 6.45) is 1.75. The molecule has 0 radical (unpaired) electrons. The maximum atomic E-state index is 9.03. The average Bonchev–Trinajstić information content (AvgIpc) is 2.51. The van der Waals surface area contributed by atoms with Crippen molar-refractivity contribution in [2.45, 2.75) is 19.4 Å². The monoisotopic (exact) mass is 170 g/mol. The van der Waals surface area contributed by atoms with Crippen LogP contribution in [0.4, 0.5) is 0 Å². The minimum atomic E-state index is -0.686. The summed E-state index contributed by atoms with van der Waals surface area (Å²) in [5, 5.41) is 22.2. The first-order valence-corrected chi connectivity index (χ1v) is 3.87. The van der Waals surface area contributed by atoms with Crippen LogP contribution in [0.5, 0.6) is 0 Å². The summed E-state index contributed by atoms with van der Waals surface area (Å²) in [5.41, 5.74) is 0.192. The largest absolute Gasteiger partial charge is 0.394 e. The molecule has 0 atom stereocenters. The van der Waals surface area contributed by atoms with Gasteiger partial charge in [-0.1, -0.05) is 0 Å². The molecule has 1 heterocycles. The van der Waals surface area contributed by atoms with Gasteiger partial charge in [0.25, 0.3) is 0 Å². The van der Waals surface area contributed by atoms with Gasteiger partial charge in [0.05, 0.1) is 18.9 Å². The Kier molecular flexibility index (Phi) is 2.49. The van der Waals surface area contributed by atoms with E-state index in [4.69, 9.17) is 10.2 Å². The van der Waals surface area contributed by atoms with Crippen molar-refractivity contribution in [2.75, 3.05) is 13.2 Å². The van der Waals surface area contributed by atoms with E-state index in [2.05, 4.69) is 5.10 Å². The molecule has 0 aliphatic heterocycles. The molecule has 12 heavy (non-hydrogen) atoms. The summed E-state index contributed by atoms with van der Waals surface area (Å²) in [6, 6.07) is 1.84. The molecule has 0 unspecified atom stereocenters. The van der Waals surface area contributed by atoms with E-state index in [0.717, 1.165) is 5.69 Å². The maximum absolute atomic E-state index is 9.03. The lowest BCUT2D eigenvalue weighted by molar-refractivity contribution is 0.0679. The molecule has 0 saturated carbocycles. The molecule has 0 bridgehead atoms. The second-order valence-electron chi connectivity index (χ2n) is 3.21. The van der Waals surface area contributed by atoms with Gasteiger partial charge in [-0.3, -0.25) is 4.68 Å². The van der Waals surface area contributed by atoms with Gasteiger partial charge in [-0.2, -0.15) is 5.10 Å². The highest BCUT2D eigenvalue weighted by Gasteiger charge is 2.24. The van der Waals surface area contributed by atoms with Crippen molar-refractivity contribution in [1.82, 2.24) is 9.78 Å². The Hall–Kier alpha value is -0.870. The van der Waals surface area contributed by atoms with Gasteiger partial charge in [0.1, 0.15) is 5.54 Å². The number of aliphatic hydroxyl groups excluding tert-OH is 2. The second-order valence-corrected chi connectivity index (χ2v) is 3.21. The summed E-state index contributed by atoms with van der Waals surface area (Å²) in [7, 11) is 0. The van der Waals surface area contributed by atoms with Crippen molar-refractivity contribution in [3.63, 3.8) is 0 Å². The minimum absolute atomic E-state index is 0.120. The number of aryl methyl sites for hydroxylation is 1. The van der Waals surface area contributed by atoms with Gasteiger partial charge in [0, 0.05) is 6.20 Å². The summed E-state index contributed by atoms with van der Waals surface area (Å²) in [6.45, 7) is 3.38. The molecule has 0 amide bonds. The molecule has 1 aromatic rings. The Bertz CT molecular complexity index is 253. The Morgan fingerprint density at radius 2 is 2.08 bits per heavy atom. The average molecular weight is 170 g/mol. The predicted octanol–water partition coefficient (Wildman–Crippen LogP) is -0.109. The first-order valence-electron chi connectivity index (χ1n) is 3.87. The van der Waals surface area contributed by atoms with Crippen LogP contribution in [0.3, 0.4) is 0 Å². The number of hydrogen-bond acceptors (Lipinski definition) is 3. The Labute approximate surface area is 71.5 Å². The Morgan fingerprint density at radius 1 is 1.50 bits per heavy atom. The third-order valence-electron chi connectivity index (χ3n) is 1.96. The van der Waals surface area contributed by atoms with Gasteiger partial charge in [-0.25, -0.2) is 0 Å². The molecule has 1 rings (SSSR count). The fourth-order valence-electron chi connectivity index (χ4n) is 0.911. The topological polar surface area (TPSA) is 58.3 Å². The van der Waals surface area contributed by atoms with Gasteiger partial charge in [-0.05, 0) is 19.9 Å². The van der Waals surface area contributed by atoms with E-state index in [0.29, 0.717) is 0 Å². The van der Waals surface area contributed by atoms with E-state index in [1.807, 2.05) is 13.0 Å². The second kappa shape index (κ2) is 3.25. The SMILES string of the molecule is Cc1ccn(C(C)(CO)CO)n1. The molecular weight excluding hydrogens is 156 g/mol. The lowest BCUT2D eigenvalue weighted by atomic mass is 10.1. The van der Waals surface area contributed by atoms with E-state index < -0.39 is 5.54 Å². The van der Waals surface area contributed by atoms with Crippen molar-refractivity contribution >= 4 is 0 Å². The first-order chi connectivity index (χ1) is 5.62. The van der Waals surface area contributed by atoms with E-state index in [1.54, 1.807) is 17.8 Å². The third kappa shape index (κ3) is 1.49. The number of aliphatic hydroxyl groups is 2. The van der Waals surface area contributed by atoms with Crippen LogP contribution >= 0.6 is 0 Å². The molecule has 0 aromatic carbocycles. The van der Waals surface area contributed by atoms with E-state index in [9.17, 15) is 0 Å². The normalized spacial score (nSPS) is 12.0. The van der Waals surface area contributed by atoms with Crippen LogP contribution in [0.1, 0.15) is 12.6 Å². The number of hydrogen-bond donors (Lipinski definition) is 2. The molecular formula is C8H14N2O2. The Balaban J connectivity index is 2.94. The van der Waals surface area contributed by atoms with Crippen LogP contribution in [0, 0.1) is 6.92 Å². The zero-order chi connectivity index (χ0) is 9.19. The lowest BCUT2D eigenvalue weighted by Gasteiger charge is -2.25. The summed E-state index contributed by atoms with van der Waals surface area (Å²) >= 11 is 0. The maximum Gasteiger partial charge on any atom is 0.106 e. The van der Waals surface area contributed by atoms with Crippen LogP contribution in [0.15, 0.2) is 12.3 Å². The van der Waals surface area contributed by atoms with Crippen molar-refractivity contribution in [3.05, 3.63) is 18.0 Å². The molecule has 0 aliphatic rings. The van der Waals surface area contributed by atoms with Crippen LogP contribution < -0.4 is 0 Å². The van der Waals surface area contributed by atoms with E-state index in [1.165, 1.54) is 0 Å². The van der Waals surface area contributed by atoms with Crippen LogP contribution in [-0.4, -0.2) is 33.2 Å². The highest BCUT2D eigenvalue weighted by Crippen LogP contribution is 2.13. The van der Waals surface area contributed by atoms with Gasteiger partial charge in [-0.15, -0.1) is 0 Å². The van der Waals surface area contributed by atoms with Crippen molar-refractivity contribution in [1.29, 1.82) is 0 Å². The third-order valence-corrected chi connectivity index (χ3v) is 1.96. The smallest absolute Gasteiger partial charge is 0.106 e. The number of nitrogens with zero attached hydrogens (tertiary/aromatic N) is 2. The summed E-state index contributed by atoms with van der Waals surface area (Å²) < 4.78 is 1.59. The minimum Gasteiger partial charge on any atom is -0.394 e. The van der Waals surface area contributed by atoms with Gasteiger partial charge in [0.2, 0.25) is 0 Å². The molecule has 0 spiro atoms. The zero-order valence-corrected chi connectivity index (χ0v) is 7.36. The van der Waals surface area contributed by atoms with Crippen molar-refractivity contribution in [2.24, 2.45) is 0 Å². The molecule has 0 fully saturated rings. The predicted molar refractivity (Wildman–Crippen MR) is 44.8 cm³/mol. The van der Waals surface area contributed by atoms with Gasteiger partial charge in [0.15, 0.2) is 0 Å². The van der Waals surface area contributed by atoms with Crippen molar-refractivity contribution < 1.29 is 10.2 Å². The number of aromatic nitrogens is 2. The van der Waals surface area contributed by atoms with Crippen LogP contribution in [-0.2, 0) is 5.54 Å². The quantitative estimate of drug-likeness (QED) is 0.665. The fraction of sp³-hybridized carbons (Fsp3) is 0.625.